The number of fused-ring (bicyclic) bond motifs is 1. The summed E-state index contributed by atoms with van der Waals surface area (Å²) in [6, 6.07) is 4.04. The Kier molecular flexibility index (Phi) is 5.11. The largest absolute Gasteiger partial charge is 0.394 e. The number of nitrogens with one attached hydrogen (secondary N) is 1. The standard InChI is InChI=1S/C10H13N5O5.C4H4S/c11-10-13-7-4(8(19)14-10)12-2-15(7)9-6(18)5(17)3(1-16)20-9;1-2-4-5-3-1/h2-3,5-6,9,16-18H,1H2,(H3,11,13,14,19);1-4H/t3-,5-,6-,9-;/m1./s1. The summed E-state index contributed by atoms with van der Waals surface area (Å²) in [7, 11) is 0. The highest BCUT2D eigenvalue weighted by Gasteiger charge is 2.44. The summed E-state index contributed by atoms with van der Waals surface area (Å²) >= 11 is 1.71. The molecule has 1 fully saturated rings. The summed E-state index contributed by atoms with van der Waals surface area (Å²) in [5.41, 5.74) is 5.12. The van der Waals surface area contributed by atoms with E-state index in [-0.39, 0.29) is 17.1 Å². The Balaban J connectivity index is 0.000000314. The number of ether oxygens (including phenoxy) is 1. The summed E-state index contributed by atoms with van der Waals surface area (Å²) in [5.74, 6) is -0.101. The van der Waals surface area contributed by atoms with E-state index in [0.29, 0.717) is 0 Å². The second-order valence-electron chi connectivity index (χ2n) is 5.30. The van der Waals surface area contributed by atoms with Gasteiger partial charge in [0.25, 0.3) is 5.56 Å². The van der Waals surface area contributed by atoms with Crippen molar-refractivity contribution in [2.24, 2.45) is 0 Å². The third kappa shape index (κ3) is 3.41. The number of hydrogen-bond acceptors (Lipinski definition) is 9. The van der Waals surface area contributed by atoms with E-state index in [9.17, 15) is 15.0 Å². The van der Waals surface area contributed by atoms with Gasteiger partial charge in [-0.3, -0.25) is 14.3 Å². The van der Waals surface area contributed by atoms with Crippen molar-refractivity contribution in [3.8, 4) is 0 Å². The predicted octanol–water partition coefficient (Wildman–Crippen LogP) is -0.939. The number of nitrogens with zero attached hydrogens (tertiary/aromatic N) is 3. The van der Waals surface area contributed by atoms with Crippen LogP contribution in [0, 0.1) is 0 Å². The number of aromatic nitrogens is 4. The van der Waals surface area contributed by atoms with E-state index < -0.39 is 36.7 Å². The minimum atomic E-state index is -1.29. The highest BCUT2D eigenvalue weighted by atomic mass is 32.1. The van der Waals surface area contributed by atoms with Gasteiger partial charge in [0, 0.05) is 0 Å². The Bertz CT molecular complexity index is 862. The molecular formula is C14H17N5O5S. The van der Waals surface area contributed by atoms with Crippen LogP contribution >= 0.6 is 11.3 Å². The van der Waals surface area contributed by atoms with Crippen molar-refractivity contribution in [3.63, 3.8) is 0 Å². The van der Waals surface area contributed by atoms with Crippen molar-refractivity contribution in [1.29, 1.82) is 0 Å². The van der Waals surface area contributed by atoms with Crippen LogP contribution in [0.1, 0.15) is 6.23 Å². The van der Waals surface area contributed by atoms with E-state index >= 15 is 0 Å². The third-order valence-corrected chi connectivity index (χ3v) is 4.30. The molecule has 0 amide bonds. The molecule has 4 atom stereocenters. The Morgan fingerprint density at radius 3 is 2.60 bits per heavy atom. The summed E-state index contributed by atoms with van der Waals surface area (Å²) in [4.78, 5) is 21.8. The van der Waals surface area contributed by atoms with Crippen molar-refractivity contribution < 1.29 is 20.1 Å². The summed E-state index contributed by atoms with van der Waals surface area (Å²) in [6.45, 7) is -0.447. The maximum atomic E-state index is 11.7. The number of H-pyrrole nitrogens is 1. The molecule has 3 aromatic heterocycles. The van der Waals surface area contributed by atoms with Crippen LogP contribution in [0.25, 0.3) is 11.2 Å². The molecule has 1 aliphatic heterocycles. The number of rotatable bonds is 2. The normalized spacial score (nSPS) is 25.7. The smallest absolute Gasteiger partial charge is 0.280 e. The monoisotopic (exact) mass is 367 g/mol. The lowest BCUT2D eigenvalue weighted by Gasteiger charge is -2.16. The van der Waals surface area contributed by atoms with Gasteiger partial charge in [-0.1, -0.05) is 12.1 Å². The highest BCUT2D eigenvalue weighted by Crippen LogP contribution is 2.30. The van der Waals surface area contributed by atoms with E-state index in [4.69, 9.17) is 15.6 Å². The molecule has 0 aromatic carbocycles. The average molecular weight is 367 g/mol. The molecule has 0 unspecified atom stereocenters. The zero-order valence-electron chi connectivity index (χ0n) is 12.9. The van der Waals surface area contributed by atoms with Crippen molar-refractivity contribution >= 4 is 28.4 Å². The predicted molar refractivity (Wildman–Crippen MR) is 89.9 cm³/mol. The van der Waals surface area contributed by atoms with Gasteiger partial charge in [0.05, 0.1) is 12.9 Å². The topological polar surface area (TPSA) is 160 Å². The Labute approximate surface area is 145 Å². The molecule has 1 saturated heterocycles. The lowest BCUT2D eigenvalue weighted by Crippen LogP contribution is -2.33. The fourth-order valence-electron chi connectivity index (χ4n) is 2.47. The molecule has 25 heavy (non-hydrogen) atoms. The summed E-state index contributed by atoms with van der Waals surface area (Å²) in [5, 5.41) is 32.8. The van der Waals surface area contributed by atoms with Gasteiger partial charge in [0.1, 0.15) is 18.3 Å². The number of aliphatic hydroxyl groups is 3. The lowest BCUT2D eigenvalue weighted by molar-refractivity contribution is -0.0511. The lowest BCUT2D eigenvalue weighted by atomic mass is 10.1. The second-order valence-corrected chi connectivity index (χ2v) is 6.11. The number of thiophene rings is 1. The van der Waals surface area contributed by atoms with Crippen molar-refractivity contribution in [1.82, 2.24) is 19.5 Å². The summed E-state index contributed by atoms with van der Waals surface area (Å²) in [6.07, 6.45) is -3.21. The number of nitrogens with two attached hydrogens (primary N) is 1. The van der Waals surface area contributed by atoms with Crippen molar-refractivity contribution in [3.05, 3.63) is 39.6 Å². The molecule has 1 aliphatic rings. The quantitative estimate of drug-likeness (QED) is 0.388. The molecule has 11 heteroatoms. The zero-order valence-corrected chi connectivity index (χ0v) is 13.7. The molecule has 0 aliphatic carbocycles. The van der Waals surface area contributed by atoms with E-state index in [1.54, 1.807) is 11.3 Å². The first-order valence-corrected chi connectivity index (χ1v) is 8.29. The SMILES string of the molecule is Nc1nc2c(ncn2[C@@H]2O[C@H](CO)[C@@H](O)[C@H]2O)c(=O)[nH]1.c1ccsc1. The number of imidazole rings is 1. The molecule has 6 N–H and O–H groups in total. The van der Waals surface area contributed by atoms with Gasteiger partial charge in [-0.15, -0.1) is 0 Å². The Morgan fingerprint density at radius 1 is 1.32 bits per heavy atom. The third-order valence-electron chi connectivity index (χ3n) is 3.67. The maximum absolute atomic E-state index is 11.7. The fourth-order valence-corrected chi connectivity index (χ4v) is 2.92. The van der Waals surface area contributed by atoms with E-state index in [1.165, 1.54) is 10.9 Å². The first kappa shape index (κ1) is 17.5. The van der Waals surface area contributed by atoms with Gasteiger partial charge in [-0.05, 0) is 10.8 Å². The van der Waals surface area contributed by atoms with Crippen LogP contribution < -0.4 is 11.3 Å². The number of anilines is 1. The zero-order chi connectivity index (χ0) is 18.0. The van der Waals surface area contributed by atoms with Gasteiger partial charge < -0.3 is 25.8 Å². The molecule has 4 rings (SSSR count). The molecule has 0 spiro atoms. The van der Waals surface area contributed by atoms with Gasteiger partial charge >= 0.3 is 0 Å². The number of nitrogen functional groups attached to an aromatic ring is 1. The van der Waals surface area contributed by atoms with Crippen molar-refractivity contribution in [2.75, 3.05) is 12.3 Å². The molecule has 3 aromatic rings. The first-order chi connectivity index (χ1) is 12.0. The van der Waals surface area contributed by atoms with E-state index in [1.807, 2.05) is 22.9 Å². The highest BCUT2D eigenvalue weighted by molar-refractivity contribution is 7.07. The number of aliphatic hydroxyl groups excluding tert-OH is 3. The molecule has 10 nitrogen and oxygen atoms in total. The van der Waals surface area contributed by atoms with Crippen LogP contribution in [0.3, 0.4) is 0 Å². The molecular weight excluding hydrogens is 350 g/mol. The minimum absolute atomic E-state index is 0.0388. The minimum Gasteiger partial charge on any atom is -0.394 e. The van der Waals surface area contributed by atoms with Gasteiger partial charge in [0.2, 0.25) is 5.95 Å². The van der Waals surface area contributed by atoms with E-state index in [0.717, 1.165) is 0 Å². The van der Waals surface area contributed by atoms with Crippen LogP contribution in [-0.4, -0.2) is 59.8 Å². The Morgan fingerprint density at radius 2 is 2.04 bits per heavy atom. The molecule has 134 valence electrons. The van der Waals surface area contributed by atoms with Gasteiger partial charge in [-0.25, -0.2) is 4.98 Å². The summed E-state index contributed by atoms with van der Waals surface area (Å²) < 4.78 is 6.64. The van der Waals surface area contributed by atoms with E-state index in [2.05, 4.69) is 15.0 Å². The molecule has 0 saturated carbocycles. The average Bonchev–Trinajstić information content (AvgIpc) is 3.31. The molecule has 0 radical (unpaired) electrons. The van der Waals surface area contributed by atoms with Crippen LogP contribution in [0.5, 0.6) is 0 Å². The van der Waals surface area contributed by atoms with Crippen LogP contribution in [0.4, 0.5) is 5.95 Å². The second kappa shape index (κ2) is 7.29. The number of aromatic amines is 1. The van der Waals surface area contributed by atoms with Crippen LogP contribution in [0.2, 0.25) is 0 Å². The van der Waals surface area contributed by atoms with Gasteiger partial charge in [-0.2, -0.15) is 16.3 Å². The van der Waals surface area contributed by atoms with Crippen LogP contribution in [-0.2, 0) is 4.74 Å². The van der Waals surface area contributed by atoms with Crippen LogP contribution in [0.15, 0.2) is 34.0 Å². The first-order valence-electron chi connectivity index (χ1n) is 7.35. The maximum Gasteiger partial charge on any atom is 0.280 e. The molecule has 0 bridgehead atoms. The Hall–Kier alpha value is -2.31. The van der Waals surface area contributed by atoms with Crippen molar-refractivity contribution in [2.45, 2.75) is 24.5 Å². The fraction of sp³-hybridized carbons (Fsp3) is 0.357. The van der Waals surface area contributed by atoms with Gasteiger partial charge in [0.15, 0.2) is 17.4 Å². The number of hydrogen-bond donors (Lipinski definition) is 5. The molecule has 4 heterocycles.